The van der Waals surface area contributed by atoms with E-state index < -0.39 is 5.41 Å². The maximum atomic E-state index is 14.1. The average Bonchev–Trinajstić information content (AvgIpc) is 2.96. The van der Waals surface area contributed by atoms with Gasteiger partial charge in [0.05, 0.1) is 5.41 Å². The number of rotatable bonds is 2. The van der Waals surface area contributed by atoms with Crippen LogP contribution in [-0.2, 0) is 10.2 Å². The summed E-state index contributed by atoms with van der Waals surface area (Å²) >= 11 is 0. The fraction of sp³-hybridized carbons (Fsp3) is 0.611. The zero-order valence-electron chi connectivity index (χ0n) is 13.5. The molecule has 4 heteroatoms. The molecule has 1 aromatic carbocycles. The van der Waals surface area contributed by atoms with Crippen molar-refractivity contribution < 1.29 is 9.18 Å². The summed E-state index contributed by atoms with van der Waals surface area (Å²) in [6, 6.07) is 6.61. The number of amides is 1. The first-order valence-corrected chi connectivity index (χ1v) is 8.20. The Hall–Kier alpha value is -1.42. The highest BCUT2D eigenvalue weighted by Gasteiger charge is 2.42. The van der Waals surface area contributed by atoms with E-state index in [1.807, 2.05) is 18.7 Å². The molecule has 1 N–H and O–H groups in total. The second kappa shape index (κ2) is 5.65. The predicted octanol–water partition coefficient (Wildman–Crippen LogP) is 2.71. The summed E-state index contributed by atoms with van der Waals surface area (Å²) in [7, 11) is 0. The molecule has 0 radical (unpaired) electrons. The molecule has 3 rings (SSSR count). The van der Waals surface area contributed by atoms with Crippen LogP contribution < -0.4 is 5.32 Å². The van der Waals surface area contributed by atoms with Crippen LogP contribution in [0.1, 0.15) is 38.7 Å². The summed E-state index contributed by atoms with van der Waals surface area (Å²) in [5, 5.41) is 3.44. The number of halogens is 1. The van der Waals surface area contributed by atoms with Crippen LogP contribution in [0.2, 0.25) is 0 Å². The van der Waals surface area contributed by atoms with Crippen LogP contribution in [0.25, 0.3) is 0 Å². The summed E-state index contributed by atoms with van der Waals surface area (Å²) in [5.74, 6) is -0.257. The van der Waals surface area contributed by atoms with Gasteiger partial charge in [0, 0.05) is 25.2 Å². The maximum absolute atomic E-state index is 14.1. The smallest absolute Gasteiger partial charge is 0.232 e. The molecule has 2 fully saturated rings. The number of carbonyl (C=O) groups excluding carboxylic acids is 1. The normalized spacial score (nSPS) is 21.3. The topological polar surface area (TPSA) is 32.3 Å². The molecule has 2 saturated heterocycles. The van der Waals surface area contributed by atoms with E-state index in [4.69, 9.17) is 0 Å². The first-order chi connectivity index (χ1) is 10.4. The Morgan fingerprint density at radius 2 is 1.91 bits per heavy atom. The molecule has 0 aliphatic carbocycles. The Labute approximate surface area is 131 Å². The van der Waals surface area contributed by atoms with Crippen LogP contribution in [0.15, 0.2) is 24.3 Å². The summed E-state index contributed by atoms with van der Waals surface area (Å²) < 4.78 is 14.1. The van der Waals surface area contributed by atoms with Crippen molar-refractivity contribution >= 4 is 5.91 Å². The number of nitrogens with zero attached hydrogens (tertiary/aromatic N) is 1. The summed E-state index contributed by atoms with van der Waals surface area (Å²) in [6.07, 6.45) is 3.32. The van der Waals surface area contributed by atoms with E-state index in [9.17, 15) is 9.18 Å². The molecule has 3 nitrogen and oxygen atoms in total. The van der Waals surface area contributed by atoms with Crippen LogP contribution in [0.4, 0.5) is 4.39 Å². The molecule has 1 aromatic rings. The first-order valence-electron chi connectivity index (χ1n) is 8.20. The highest BCUT2D eigenvalue weighted by Crippen LogP contribution is 2.38. The lowest BCUT2D eigenvalue weighted by Gasteiger charge is -2.41. The van der Waals surface area contributed by atoms with E-state index in [2.05, 4.69) is 5.32 Å². The number of likely N-dealkylation sites (tertiary alicyclic amines) is 1. The Morgan fingerprint density at radius 1 is 1.23 bits per heavy atom. The van der Waals surface area contributed by atoms with E-state index in [1.54, 1.807) is 18.2 Å². The van der Waals surface area contributed by atoms with Crippen molar-refractivity contribution in [3.8, 4) is 0 Å². The highest BCUT2D eigenvalue weighted by atomic mass is 19.1. The molecule has 1 amide bonds. The van der Waals surface area contributed by atoms with Gasteiger partial charge < -0.3 is 10.2 Å². The van der Waals surface area contributed by atoms with Crippen molar-refractivity contribution in [2.24, 2.45) is 5.41 Å². The highest BCUT2D eigenvalue weighted by molar-refractivity contribution is 5.87. The van der Waals surface area contributed by atoms with Crippen molar-refractivity contribution in [1.29, 1.82) is 0 Å². The van der Waals surface area contributed by atoms with Crippen molar-refractivity contribution in [1.82, 2.24) is 10.2 Å². The molecule has 0 aromatic heterocycles. The van der Waals surface area contributed by atoms with Gasteiger partial charge in [-0.15, -0.1) is 0 Å². The molecular weight excluding hydrogens is 279 g/mol. The first kappa shape index (κ1) is 15.5. The minimum atomic E-state index is -0.816. The van der Waals surface area contributed by atoms with Crippen LogP contribution >= 0.6 is 0 Å². The van der Waals surface area contributed by atoms with Crippen LogP contribution in [0, 0.1) is 11.2 Å². The molecule has 2 aliphatic heterocycles. The number of carbonyl (C=O) groups is 1. The Balaban J connectivity index is 1.73. The maximum Gasteiger partial charge on any atom is 0.232 e. The second-order valence-electron chi connectivity index (χ2n) is 7.32. The van der Waals surface area contributed by atoms with Gasteiger partial charge in [0.15, 0.2) is 0 Å². The van der Waals surface area contributed by atoms with Gasteiger partial charge in [-0.3, -0.25) is 4.79 Å². The third kappa shape index (κ3) is 2.65. The molecule has 0 unspecified atom stereocenters. The van der Waals surface area contributed by atoms with Gasteiger partial charge in [-0.05, 0) is 51.1 Å². The molecule has 1 spiro atoms. The fourth-order valence-corrected chi connectivity index (χ4v) is 3.88. The number of hydrogen-bond acceptors (Lipinski definition) is 2. The van der Waals surface area contributed by atoms with Crippen molar-refractivity contribution in [3.05, 3.63) is 35.6 Å². The van der Waals surface area contributed by atoms with Crippen molar-refractivity contribution in [2.75, 3.05) is 26.2 Å². The quantitative estimate of drug-likeness (QED) is 0.911. The third-order valence-electron chi connectivity index (χ3n) is 5.53. The molecule has 0 saturated carbocycles. The Bertz CT molecular complexity index is 554. The second-order valence-corrected chi connectivity index (χ2v) is 7.32. The molecule has 0 atom stereocenters. The lowest BCUT2D eigenvalue weighted by Crippen LogP contribution is -2.50. The number of hydrogen-bond donors (Lipinski definition) is 1. The Morgan fingerprint density at radius 3 is 2.50 bits per heavy atom. The molecule has 22 heavy (non-hydrogen) atoms. The zero-order chi connectivity index (χ0) is 15.8. The van der Waals surface area contributed by atoms with Gasteiger partial charge in [0.1, 0.15) is 5.82 Å². The number of nitrogens with one attached hydrogen (secondary N) is 1. The minimum Gasteiger partial charge on any atom is -0.342 e. The van der Waals surface area contributed by atoms with E-state index in [0.29, 0.717) is 11.0 Å². The molecule has 2 aliphatic rings. The molecule has 120 valence electrons. The van der Waals surface area contributed by atoms with Gasteiger partial charge in [-0.25, -0.2) is 4.39 Å². The fourth-order valence-electron chi connectivity index (χ4n) is 3.88. The van der Waals surface area contributed by atoms with E-state index >= 15 is 0 Å². The largest absolute Gasteiger partial charge is 0.342 e. The van der Waals surface area contributed by atoms with Gasteiger partial charge in [0.2, 0.25) is 5.91 Å². The standard InChI is InChI=1S/C18H25FN2O/c1-17(2,14-5-3-4-6-15(14)19)16(22)21-11-8-18(9-12-21)7-10-20-13-18/h3-6,20H,7-13H2,1-2H3. The van der Waals surface area contributed by atoms with E-state index in [-0.39, 0.29) is 11.7 Å². The zero-order valence-corrected chi connectivity index (χ0v) is 13.5. The molecular formula is C18H25FN2O. The summed E-state index contributed by atoms with van der Waals surface area (Å²) in [5.41, 5.74) is 0.0608. The SMILES string of the molecule is CC(C)(C(=O)N1CCC2(CCNC2)CC1)c1ccccc1F. The molecule has 0 bridgehead atoms. The number of benzene rings is 1. The van der Waals surface area contributed by atoms with E-state index in [0.717, 1.165) is 39.0 Å². The van der Waals surface area contributed by atoms with Crippen LogP contribution in [0.3, 0.4) is 0 Å². The van der Waals surface area contributed by atoms with Crippen LogP contribution in [0.5, 0.6) is 0 Å². The van der Waals surface area contributed by atoms with Crippen LogP contribution in [-0.4, -0.2) is 37.0 Å². The minimum absolute atomic E-state index is 0.0402. The van der Waals surface area contributed by atoms with Gasteiger partial charge in [0.25, 0.3) is 0 Å². The van der Waals surface area contributed by atoms with Gasteiger partial charge >= 0.3 is 0 Å². The van der Waals surface area contributed by atoms with Gasteiger partial charge in [-0.2, -0.15) is 0 Å². The summed E-state index contributed by atoms with van der Waals surface area (Å²) in [6.45, 7) is 7.40. The number of piperidine rings is 1. The summed E-state index contributed by atoms with van der Waals surface area (Å²) in [4.78, 5) is 14.8. The molecule has 2 heterocycles. The van der Waals surface area contributed by atoms with E-state index in [1.165, 1.54) is 12.5 Å². The lowest BCUT2D eigenvalue weighted by molar-refractivity contribution is -0.138. The van der Waals surface area contributed by atoms with Crippen molar-refractivity contribution in [3.63, 3.8) is 0 Å². The van der Waals surface area contributed by atoms with Gasteiger partial charge in [-0.1, -0.05) is 18.2 Å². The average molecular weight is 304 g/mol. The Kier molecular flexibility index (Phi) is 3.98. The monoisotopic (exact) mass is 304 g/mol. The third-order valence-corrected chi connectivity index (χ3v) is 5.53. The lowest BCUT2D eigenvalue weighted by atomic mass is 9.76. The van der Waals surface area contributed by atoms with Crippen molar-refractivity contribution in [2.45, 2.75) is 38.5 Å². The predicted molar refractivity (Wildman–Crippen MR) is 85.2 cm³/mol.